The maximum atomic E-state index is 12.8. The molecule has 0 bridgehead atoms. The molecule has 1 aliphatic rings. The standard InChI is InChI=1S/C13H16FNO.C13H11F.C8H10N2O/c1-13(6-8-15(10-16)9-7-13)11-2-4-12(14)5-3-11;1-10-2-4-11(5-3-10)12-6-8-13(14)9-7-12;1-7-2-4-8(5-3-7)10-9-6-11/h2-5,10H,6-9H2,1H3;2-9H,1H3;2-6,10H,1H3,(H,9,11). The van der Waals surface area contributed by atoms with E-state index in [9.17, 15) is 18.4 Å². The van der Waals surface area contributed by atoms with Gasteiger partial charge in [0.05, 0.1) is 5.69 Å². The van der Waals surface area contributed by atoms with Gasteiger partial charge in [0.1, 0.15) is 11.6 Å². The lowest BCUT2D eigenvalue weighted by atomic mass is 9.75. The highest BCUT2D eigenvalue weighted by Crippen LogP contribution is 2.34. The minimum atomic E-state index is -0.197. The summed E-state index contributed by atoms with van der Waals surface area (Å²) in [5.74, 6) is -0.390. The Morgan fingerprint density at radius 2 is 1.12 bits per heavy atom. The van der Waals surface area contributed by atoms with Crippen molar-refractivity contribution in [3.63, 3.8) is 0 Å². The Hall–Kier alpha value is -4.52. The van der Waals surface area contributed by atoms with Crippen molar-refractivity contribution >= 4 is 18.5 Å². The van der Waals surface area contributed by atoms with Crippen molar-refractivity contribution < 1.29 is 18.4 Å². The summed E-state index contributed by atoms with van der Waals surface area (Å²) in [6.45, 7) is 7.82. The van der Waals surface area contributed by atoms with Crippen molar-refractivity contribution in [3.8, 4) is 11.1 Å². The first-order valence-corrected chi connectivity index (χ1v) is 13.5. The Morgan fingerprint density at radius 1 is 0.683 bits per heavy atom. The number of halogens is 2. The van der Waals surface area contributed by atoms with Gasteiger partial charge in [0.15, 0.2) is 0 Å². The van der Waals surface area contributed by atoms with E-state index in [1.54, 1.807) is 17.0 Å². The lowest BCUT2D eigenvalue weighted by molar-refractivity contribution is -0.119. The number of carbonyl (C=O) groups is 2. The summed E-state index contributed by atoms with van der Waals surface area (Å²) in [7, 11) is 0. The van der Waals surface area contributed by atoms with Crippen LogP contribution in [0.25, 0.3) is 11.1 Å². The van der Waals surface area contributed by atoms with Gasteiger partial charge in [-0.3, -0.25) is 20.4 Å². The largest absolute Gasteiger partial charge is 0.345 e. The van der Waals surface area contributed by atoms with Gasteiger partial charge < -0.3 is 4.90 Å². The van der Waals surface area contributed by atoms with Crippen LogP contribution in [0.1, 0.15) is 36.5 Å². The van der Waals surface area contributed by atoms with E-state index in [-0.39, 0.29) is 17.0 Å². The minimum Gasteiger partial charge on any atom is -0.345 e. The second-order valence-corrected chi connectivity index (χ2v) is 10.3. The van der Waals surface area contributed by atoms with Crippen molar-refractivity contribution in [3.05, 3.63) is 125 Å². The lowest BCUT2D eigenvalue weighted by Crippen LogP contribution is -2.40. The molecule has 5 nitrogen and oxygen atoms in total. The molecule has 0 unspecified atom stereocenters. The normalized spacial score (nSPS) is 13.4. The number of carbonyl (C=O) groups excluding carboxylic acids is 2. The van der Waals surface area contributed by atoms with Gasteiger partial charge in [-0.25, -0.2) is 8.78 Å². The van der Waals surface area contributed by atoms with Crippen molar-refractivity contribution in [1.82, 2.24) is 10.3 Å². The molecule has 0 radical (unpaired) electrons. The van der Waals surface area contributed by atoms with Crippen LogP contribution in [0.15, 0.2) is 97.1 Å². The summed E-state index contributed by atoms with van der Waals surface area (Å²) in [5.41, 5.74) is 11.8. The van der Waals surface area contributed by atoms with Gasteiger partial charge in [0.2, 0.25) is 12.8 Å². The van der Waals surface area contributed by atoms with E-state index < -0.39 is 0 Å². The number of nitrogens with one attached hydrogen (secondary N) is 2. The van der Waals surface area contributed by atoms with Gasteiger partial charge in [-0.2, -0.15) is 0 Å². The first-order chi connectivity index (χ1) is 19.7. The molecule has 4 aromatic carbocycles. The number of nitrogens with zero attached hydrogens (tertiary/aromatic N) is 1. The molecule has 0 saturated carbocycles. The molecular formula is C34H37F2N3O2. The molecule has 4 aromatic rings. The summed E-state index contributed by atoms with van der Waals surface area (Å²) >= 11 is 0. The Labute approximate surface area is 241 Å². The number of hydrogen-bond donors (Lipinski definition) is 2. The zero-order chi connectivity index (χ0) is 29.7. The third-order valence-corrected chi connectivity index (χ3v) is 7.15. The fourth-order valence-electron chi connectivity index (χ4n) is 4.40. The monoisotopic (exact) mass is 557 g/mol. The summed E-state index contributed by atoms with van der Waals surface area (Å²) in [6.07, 6.45) is 3.39. The molecule has 0 spiro atoms. The molecule has 0 aromatic heterocycles. The van der Waals surface area contributed by atoms with Gasteiger partial charge in [-0.1, -0.05) is 78.7 Å². The SMILES string of the molecule is CC1(c2ccc(F)cc2)CCN(C=O)CC1.Cc1ccc(-c2ccc(F)cc2)cc1.Cc1ccc(NNC=O)cc1. The highest BCUT2D eigenvalue weighted by atomic mass is 19.1. The molecule has 7 heteroatoms. The number of likely N-dealkylation sites (tertiary alicyclic amines) is 1. The van der Waals surface area contributed by atoms with Gasteiger partial charge in [-0.05, 0) is 85.2 Å². The first-order valence-electron chi connectivity index (χ1n) is 13.5. The number of rotatable bonds is 6. The second kappa shape index (κ2) is 15.3. The van der Waals surface area contributed by atoms with Crippen LogP contribution < -0.4 is 10.9 Å². The van der Waals surface area contributed by atoms with Crippen LogP contribution in [-0.2, 0) is 15.0 Å². The topological polar surface area (TPSA) is 61.4 Å². The van der Waals surface area contributed by atoms with Gasteiger partial charge in [-0.15, -0.1) is 0 Å². The van der Waals surface area contributed by atoms with E-state index in [4.69, 9.17) is 0 Å². The molecule has 1 aliphatic heterocycles. The van der Waals surface area contributed by atoms with E-state index in [1.807, 2.05) is 55.5 Å². The highest BCUT2D eigenvalue weighted by Gasteiger charge is 2.31. The number of amides is 2. The van der Waals surface area contributed by atoms with Crippen molar-refractivity contribution in [2.75, 3.05) is 18.5 Å². The third-order valence-electron chi connectivity index (χ3n) is 7.15. The molecule has 1 heterocycles. The van der Waals surface area contributed by atoms with Crippen LogP contribution in [0.2, 0.25) is 0 Å². The maximum Gasteiger partial charge on any atom is 0.225 e. The van der Waals surface area contributed by atoms with Crippen LogP contribution in [-0.4, -0.2) is 30.8 Å². The molecule has 2 amide bonds. The lowest BCUT2D eigenvalue weighted by Gasteiger charge is -2.38. The van der Waals surface area contributed by atoms with E-state index in [0.29, 0.717) is 6.41 Å². The first kappa shape index (κ1) is 31.0. The Balaban J connectivity index is 0.000000172. The Kier molecular flexibility index (Phi) is 11.6. The van der Waals surface area contributed by atoms with Crippen LogP contribution in [0.5, 0.6) is 0 Å². The molecule has 41 heavy (non-hydrogen) atoms. The van der Waals surface area contributed by atoms with E-state index in [0.717, 1.165) is 49.2 Å². The Bertz CT molecular complexity index is 1310. The molecule has 0 aliphatic carbocycles. The molecule has 5 rings (SSSR count). The van der Waals surface area contributed by atoms with Crippen LogP contribution >= 0.6 is 0 Å². The number of anilines is 1. The predicted molar refractivity (Wildman–Crippen MR) is 161 cm³/mol. The maximum absolute atomic E-state index is 12.8. The average Bonchev–Trinajstić information content (AvgIpc) is 2.99. The zero-order valence-electron chi connectivity index (χ0n) is 23.7. The van der Waals surface area contributed by atoms with Crippen LogP contribution in [0.3, 0.4) is 0 Å². The number of benzene rings is 4. The number of piperidine rings is 1. The van der Waals surface area contributed by atoms with Crippen molar-refractivity contribution in [2.24, 2.45) is 0 Å². The van der Waals surface area contributed by atoms with Gasteiger partial charge in [0, 0.05) is 13.1 Å². The number of aryl methyl sites for hydroxylation is 2. The zero-order valence-corrected chi connectivity index (χ0v) is 23.7. The van der Waals surface area contributed by atoms with Gasteiger partial charge in [0.25, 0.3) is 0 Å². The molecule has 0 atom stereocenters. The fraction of sp³-hybridized carbons (Fsp3) is 0.235. The fourth-order valence-corrected chi connectivity index (χ4v) is 4.40. The second-order valence-electron chi connectivity index (χ2n) is 10.3. The Morgan fingerprint density at radius 3 is 1.59 bits per heavy atom. The summed E-state index contributed by atoms with van der Waals surface area (Å²) in [4.78, 5) is 22.3. The molecular weight excluding hydrogens is 520 g/mol. The number of hydrogen-bond acceptors (Lipinski definition) is 3. The summed E-state index contributed by atoms with van der Waals surface area (Å²) in [6, 6.07) is 29.2. The molecule has 2 N–H and O–H groups in total. The third kappa shape index (κ3) is 9.87. The van der Waals surface area contributed by atoms with E-state index in [1.165, 1.54) is 41.0 Å². The molecule has 1 fully saturated rings. The molecule has 214 valence electrons. The van der Waals surface area contributed by atoms with E-state index >= 15 is 0 Å². The summed E-state index contributed by atoms with van der Waals surface area (Å²) in [5, 5.41) is 0. The van der Waals surface area contributed by atoms with E-state index in [2.05, 4.69) is 36.8 Å². The molecule has 1 saturated heterocycles. The number of hydrazine groups is 1. The van der Waals surface area contributed by atoms with Gasteiger partial charge >= 0.3 is 0 Å². The summed E-state index contributed by atoms with van der Waals surface area (Å²) < 4.78 is 25.5. The van der Waals surface area contributed by atoms with Crippen molar-refractivity contribution in [2.45, 2.75) is 39.0 Å². The predicted octanol–water partition coefficient (Wildman–Crippen LogP) is 7.20. The minimum absolute atomic E-state index is 0.0766. The average molecular weight is 558 g/mol. The highest BCUT2D eigenvalue weighted by molar-refractivity contribution is 5.63. The van der Waals surface area contributed by atoms with Crippen LogP contribution in [0.4, 0.5) is 14.5 Å². The van der Waals surface area contributed by atoms with Crippen molar-refractivity contribution in [1.29, 1.82) is 0 Å². The smallest absolute Gasteiger partial charge is 0.225 e. The quantitative estimate of drug-likeness (QED) is 0.195. The van der Waals surface area contributed by atoms with Crippen LogP contribution in [0, 0.1) is 25.5 Å².